The normalized spacial score (nSPS) is 19.2. The maximum absolute atomic E-state index is 8.71. The molecule has 1 aliphatic heterocycles. The topological polar surface area (TPSA) is 86.3 Å². The van der Waals surface area contributed by atoms with Crippen molar-refractivity contribution in [3.63, 3.8) is 0 Å². The number of nitrogens with two attached hydrogens (primary N) is 1. The van der Waals surface area contributed by atoms with Gasteiger partial charge in [-0.2, -0.15) is 0 Å². The van der Waals surface area contributed by atoms with Gasteiger partial charge in [-0.15, -0.1) is 0 Å². The quantitative estimate of drug-likeness (QED) is 0.357. The van der Waals surface area contributed by atoms with Crippen LogP contribution in [0, 0.1) is 0 Å². The summed E-state index contributed by atoms with van der Waals surface area (Å²) < 4.78 is 16.4. The van der Waals surface area contributed by atoms with Crippen molar-refractivity contribution >= 4 is 5.84 Å². The number of amidine groups is 1. The molecule has 1 atom stereocenters. The molecule has 1 unspecified atom stereocenters. The van der Waals surface area contributed by atoms with Crippen molar-refractivity contribution in [2.45, 2.75) is 25.6 Å². The molecule has 2 rings (SSSR count). The molecule has 20 heavy (non-hydrogen) atoms. The summed E-state index contributed by atoms with van der Waals surface area (Å²) in [7, 11) is 1.54. The predicted molar refractivity (Wildman–Crippen MR) is 74.1 cm³/mol. The second kappa shape index (κ2) is 7.12. The Hall–Kier alpha value is -1.79. The van der Waals surface area contributed by atoms with Gasteiger partial charge >= 0.3 is 0 Å². The minimum atomic E-state index is 0.0219. The molecule has 0 amide bonds. The lowest BCUT2D eigenvalue weighted by molar-refractivity contribution is 0.0105. The van der Waals surface area contributed by atoms with Crippen molar-refractivity contribution in [3.05, 3.63) is 29.3 Å². The third-order valence-electron chi connectivity index (χ3n) is 3.25. The van der Waals surface area contributed by atoms with E-state index in [1.54, 1.807) is 13.2 Å². The first-order valence-corrected chi connectivity index (χ1v) is 6.58. The van der Waals surface area contributed by atoms with E-state index in [-0.39, 0.29) is 11.9 Å². The Morgan fingerprint density at radius 2 is 2.40 bits per heavy atom. The van der Waals surface area contributed by atoms with Gasteiger partial charge < -0.3 is 25.2 Å². The number of rotatable bonds is 6. The van der Waals surface area contributed by atoms with E-state index in [9.17, 15) is 0 Å². The fraction of sp³-hybridized carbons (Fsp3) is 0.500. The van der Waals surface area contributed by atoms with E-state index in [0.717, 1.165) is 25.0 Å². The number of methoxy groups -OCH3 is 1. The largest absolute Gasteiger partial charge is 0.496 e. The van der Waals surface area contributed by atoms with Crippen molar-refractivity contribution in [3.8, 4) is 5.75 Å². The minimum Gasteiger partial charge on any atom is -0.496 e. The van der Waals surface area contributed by atoms with Crippen molar-refractivity contribution < 1.29 is 19.4 Å². The average molecular weight is 280 g/mol. The van der Waals surface area contributed by atoms with Gasteiger partial charge in [0.05, 0.1) is 32.0 Å². The molecule has 1 saturated heterocycles. The van der Waals surface area contributed by atoms with Crippen LogP contribution in [0.25, 0.3) is 0 Å². The molecule has 110 valence electrons. The Bertz CT molecular complexity index is 470. The highest BCUT2D eigenvalue weighted by molar-refractivity contribution is 5.99. The van der Waals surface area contributed by atoms with Crippen molar-refractivity contribution in [2.75, 3.05) is 20.3 Å². The van der Waals surface area contributed by atoms with Gasteiger partial charge in [-0.05, 0) is 30.5 Å². The molecule has 1 fully saturated rings. The lowest BCUT2D eigenvalue weighted by Gasteiger charge is -2.12. The predicted octanol–water partition coefficient (Wildman–Crippen LogP) is 1.49. The van der Waals surface area contributed by atoms with Crippen LogP contribution in [0.4, 0.5) is 0 Å². The van der Waals surface area contributed by atoms with E-state index in [1.165, 1.54) is 0 Å². The van der Waals surface area contributed by atoms with Gasteiger partial charge in [0.1, 0.15) is 5.75 Å². The van der Waals surface area contributed by atoms with Crippen molar-refractivity contribution in [1.82, 2.24) is 0 Å². The molecule has 1 aromatic carbocycles. The van der Waals surface area contributed by atoms with E-state index >= 15 is 0 Å². The second-order valence-electron chi connectivity index (χ2n) is 4.67. The summed E-state index contributed by atoms with van der Waals surface area (Å²) in [5.41, 5.74) is 7.10. The summed E-state index contributed by atoms with van der Waals surface area (Å²) in [4.78, 5) is 0. The molecule has 6 heteroatoms. The molecular formula is C14H20N2O4. The molecule has 0 saturated carbocycles. The van der Waals surface area contributed by atoms with Gasteiger partial charge in [-0.3, -0.25) is 0 Å². The van der Waals surface area contributed by atoms with E-state index < -0.39 is 0 Å². The Labute approximate surface area is 118 Å². The third-order valence-corrected chi connectivity index (χ3v) is 3.25. The molecule has 3 N–H and O–H groups in total. The molecule has 6 nitrogen and oxygen atoms in total. The number of ether oxygens (including phenoxy) is 3. The molecule has 0 bridgehead atoms. The van der Waals surface area contributed by atoms with Crippen LogP contribution in [-0.2, 0) is 16.1 Å². The zero-order valence-electron chi connectivity index (χ0n) is 11.5. The van der Waals surface area contributed by atoms with Crippen LogP contribution >= 0.6 is 0 Å². The van der Waals surface area contributed by atoms with Crippen LogP contribution in [0.2, 0.25) is 0 Å². The third kappa shape index (κ3) is 3.61. The summed E-state index contributed by atoms with van der Waals surface area (Å²) in [6.07, 6.45) is 2.38. The van der Waals surface area contributed by atoms with Gasteiger partial charge in [-0.25, -0.2) is 0 Å². The molecule has 1 aromatic rings. The van der Waals surface area contributed by atoms with E-state index in [1.807, 2.05) is 12.1 Å². The SMILES string of the molecule is COc1cc(COCC2CCCO2)ccc1/C(N)=N/O. The number of benzene rings is 1. The monoisotopic (exact) mass is 280 g/mol. The fourth-order valence-electron chi connectivity index (χ4n) is 2.17. The van der Waals surface area contributed by atoms with Gasteiger partial charge in [0.25, 0.3) is 0 Å². The van der Waals surface area contributed by atoms with E-state index in [4.69, 9.17) is 25.2 Å². The van der Waals surface area contributed by atoms with Gasteiger partial charge in [0, 0.05) is 6.61 Å². The number of oxime groups is 1. The second-order valence-corrected chi connectivity index (χ2v) is 4.67. The molecule has 0 spiro atoms. The first-order chi connectivity index (χ1) is 9.74. The molecule has 1 aliphatic rings. The average Bonchev–Trinajstić information content (AvgIpc) is 2.99. The first kappa shape index (κ1) is 14.6. The van der Waals surface area contributed by atoms with Gasteiger partial charge in [0.15, 0.2) is 5.84 Å². The highest BCUT2D eigenvalue weighted by Crippen LogP contribution is 2.21. The van der Waals surface area contributed by atoms with E-state index in [2.05, 4.69) is 5.16 Å². The zero-order chi connectivity index (χ0) is 14.4. The van der Waals surface area contributed by atoms with Crippen LogP contribution in [0.15, 0.2) is 23.4 Å². The lowest BCUT2D eigenvalue weighted by atomic mass is 10.1. The van der Waals surface area contributed by atoms with Crippen LogP contribution in [0.5, 0.6) is 5.75 Å². The summed E-state index contributed by atoms with van der Waals surface area (Å²) >= 11 is 0. The summed E-state index contributed by atoms with van der Waals surface area (Å²) in [6.45, 7) is 1.91. The molecule has 0 radical (unpaired) electrons. The fourth-order valence-corrected chi connectivity index (χ4v) is 2.17. The first-order valence-electron chi connectivity index (χ1n) is 6.58. The standard InChI is InChI=1S/C14H20N2O4/c1-18-13-7-10(4-5-12(13)14(15)16-17)8-19-9-11-3-2-6-20-11/h4-5,7,11,17H,2-3,6,8-9H2,1H3,(H2,15,16). The maximum Gasteiger partial charge on any atom is 0.173 e. The van der Waals surface area contributed by atoms with Crippen LogP contribution in [-0.4, -0.2) is 37.5 Å². The van der Waals surface area contributed by atoms with Crippen LogP contribution in [0.1, 0.15) is 24.0 Å². The molecule has 0 aromatic heterocycles. The number of hydrogen-bond donors (Lipinski definition) is 2. The Kier molecular flexibility index (Phi) is 5.20. The highest BCUT2D eigenvalue weighted by atomic mass is 16.5. The Balaban J connectivity index is 1.94. The summed E-state index contributed by atoms with van der Waals surface area (Å²) in [5, 5.41) is 11.7. The van der Waals surface area contributed by atoms with Crippen LogP contribution < -0.4 is 10.5 Å². The maximum atomic E-state index is 8.71. The van der Waals surface area contributed by atoms with E-state index in [0.29, 0.717) is 24.5 Å². The molecular weight excluding hydrogens is 260 g/mol. The lowest BCUT2D eigenvalue weighted by Crippen LogP contribution is -2.15. The zero-order valence-corrected chi connectivity index (χ0v) is 11.5. The Morgan fingerprint density at radius 1 is 1.55 bits per heavy atom. The summed E-state index contributed by atoms with van der Waals surface area (Å²) in [6, 6.07) is 5.44. The van der Waals surface area contributed by atoms with Crippen molar-refractivity contribution in [1.29, 1.82) is 0 Å². The van der Waals surface area contributed by atoms with Crippen molar-refractivity contribution in [2.24, 2.45) is 10.9 Å². The van der Waals surface area contributed by atoms with Gasteiger partial charge in [0.2, 0.25) is 0 Å². The van der Waals surface area contributed by atoms with Gasteiger partial charge in [-0.1, -0.05) is 11.2 Å². The minimum absolute atomic E-state index is 0.0219. The number of hydrogen-bond acceptors (Lipinski definition) is 5. The molecule has 1 heterocycles. The Morgan fingerprint density at radius 3 is 3.05 bits per heavy atom. The number of nitrogens with zero attached hydrogens (tertiary/aromatic N) is 1. The molecule has 0 aliphatic carbocycles. The highest BCUT2D eigenvalue weighted by Gasteiger charge is 2.15. The summed E-state index contributed by atoms with van der Waals surface area (Å²) in [5.74, 6) is 0.576. The smallest absolute Gasteiger partial charge is 0.173 e. The van der Waals surface area contributed by atoms with Crippen LogP contribution in [0.3, 0.4) is 0 Å².